The van der Waals surface area contributed by atoms with Crippen molar-refractivity contribution >= 4 is 6.21 Å². The Morgan fingerprint density at radius 1 is 1.30 bits per heavy atom. The molecule has 0 spiro atoms. The first-order valence-electron chi connectivity index (χ1n) is 2.97. The third kappa shape index (κ3) is 4.29. The van der Waals surface area contributed by atoms with E-state index in [9.17, 15) is 0 Å². The van der Waals surface area contributed by atoms with Crippen molar-refractivity contribution in [1.29, 1.82) is 0 Å². The Kier molecular flexibility index (Phi) is 4.88. The van der Waals surface area contributed by atoms with Gasteiger partial charge in [-0.15, -0.1) is 0 Å². The van der Waals surface area contributed by atoms with Crippen LogP contribution in [0.15, 0.2) is 5.10 Å². The van der Waals surface area contributed by atoms with Crippen LogP contribution in [0.2, 0.25) is 0 Å². The van der Waals surface area contributed by atoms with E-state index in [1.807, 2.05) is 14.1 Å². The minimum atomic E-state index is -0.345. The van der Waals surface area contributed by atoms with E-state index in [-0.39, 0.29) is 6.29 Å². The summed E-state index contributed by atoms with van der Waals surface area (Å²) in [6.45, 7) is 0. The molecule has 0 fully saturated rings. The van der Waals surface area contributed by atoms with Gasteiger partial charge in [0, 0.05) is 28.3 Å². The van der Waals surface area contributed by atoms with E-state index < -0.39 is 0 Å². The molecular weight excluding hydrogens is 132 g/mol. The van der Waals surface area contributed by atoms with Crippen LogP contribution in [0.25, 0.3) is 0 Å². The third-order valence-corrected chi connectivity index (χ3v) is 0.884. The SMILES string of the molecule is COC(C=NN(C)C)OC. The van der Waals surface area contributed by atoms with E-state index in [1.54, 1.807) is 25.4 Å². The summed E-state index contributed by atoms with van der Waals surface area (Å²) in [6.07, 6.45) is 1.24. The lowest BCUT2D eigenvalue weighted by Crippen LogP contribution is -2.16. The Balaban J connectivity index is 3.61. The van der Waals surface area contributed by atoms with Gasteiger partial charge in [-0.1, -0.05) is 0 Å². The maximum Gasteiger partial charge on any atom is 0.195 e. The summed E-state index contributed by atoms with van der Waals surface area (Å²) in [5, 5.41) is 5.60. The number of hydrogen-bond donors (Lipinski definition) is 0. The van der Waals surface area contributed by atoms with Crippen molar-refractivity contribution in [3.05, 3.63) is 0 Å². The highest BCUT2D eigenvalue weighted by molar-refractivity contribution is 5.60. The van der Waals surface area contributed by atoms with Gasteiger partial charge in [0.25, 0.3) is 0 Å². The van der Waals surface area contributed by atoms with Crippen molar-refractivity contribution in [3.8, 4) is 0 Å². The monoisotopic (exact) mass is 146 g/mol. The van der Waals surface area contributed by atoms with Crippen LogP contribution in [-0.4, -0.2) is 45.8 Å². The van der Waals surface area contributed by atoms with Gasteiger partial charge in [0.05, 0.1) is 6.21 Å². The zero-order chi connectivity index (χ0) is 7.98. The van der Waals surface area contributed by atoms with Crippen molar-refractivity contribution < 1.29 is 9.47 Å². The fraction of sp³-hybridized carbons (Fsp3) is 0.833. The Labute approximate surface area is 61.4 Å². The molecule has 0 aromatic carbocycles. The number of hydrazone groups is 1. The molecule has 4 heteroatoms. The molecule has 0 unspecified atom stereocenters. The average molecular weight is 146 g/mol. The van der Waals surface area contributed by atoms with Crippen LogP contribution < -0.4 is 0 Å². The van der Waals surface area contributed by atoms with Crippen LogP contribution in [0.1, 0.15) is 0 Å². The minimum absolute atomic E-state index is 0.345. The zero-order valence-electron chi connectivity index (χ0n) is 6.87. The zero-order valence-corrected chi connectivity index (χ0v) is 6.87. The Morgan fingerprint density at radius 3 is 2.10 bits per heavy atom. The summed E-state index contributed by atoms with van der Waals surface area (Å²) >= 11 is 0. The van der Waals surface area contributed by atoms with Gasteiger partial charge in [0.1, 0.15) is 0 Å². The van der Waals surface area contributed by atoms with Gasteiger partial charge < -0.3 is 14.5 Å². The Morgan fingerprint density at radius 2 is 1.80 bits per heavy atom. The smallest absolute Gasteiger partial charge is 0.195 e. The molecule has 0 aliphatic heterocycles. The summed E-state index contributed by atoms with van der Waals surface area (Å²) in [5.74, 6) is 0. The van der Waals surface area contributed by atoms with E-state index >= 15 is 0 Å². The summed E-state index contributed by atoms with van der Waals surface area (Å²) in [4.78, 5) is 0. The predicted molar refractivity (Wildman–Crippen MR) is 40.0 cm³/mol. The van der Waals surface area contributed by atoms with Gasteiger partial charge in [-0.05, 0) is 0 Å². The van der Waals surface area contributed by atoms with Gasteiger partial charge >= 0.3 is 0 Å². The molecule has 0 atom stereocenters. The lowest BCUT2D eigenvalue weighted by atomic mass is 10.7. The molecule has 60 valence electrons. The fourth-order valence-electron chi connectivity index (χ4n) is 0.406. The second-order valence-electron chi connectivity index (χ2n) is 1.95. The van der Waals surface area contributed by atoms with Crippen molar-refractivity contribution in [2.45, 2.75) is 6.29 Å². The third-order valence-electron chi connectivity index (χ3n) is 0.884. The molecule has 0 aliphatic rings. The standard InChI is InChI=1S/C6H14N2O2/c1-8(2)7-5-6(9-3)10-4/h5-6H,1-4H3. The van der Waals surface area contributed by atoms with Crippen molar-refractivity contribution in [2.24, 2.45) is 5.10 Å². The number of rotatable bonds is 4. The maximum absolute atomic E-state index is 4.85. The first-order chi connectivity index (χ1) is 4.70. The first-order valence-corrected chi connectivity index (χ1v) is 2.97. The van der Waals surface area contributed by atoms with Gasteiger partial charge in [-0.3, -0.25) is 0 Å². The lowest BCUT2D eigenvalue weighted by Gasteiger charge is -2.08. The quantitative estimate of drug-likeness (QED) is 0.322. The highest BCUT2D eigenvalue weighted by Gasteiger charge is 1.97. The number of methoxy groups -OCH3 is 2. The fourth-order valence-corrected chi connectivity index (χ4v) is 0.406. The van der Waals surface area contributed by atoms with Crippen LogP contribution in [0.5, 0.6) is 0 Å². The molecule has 0 saturated carbocycles. The lowest BCUT2D eigenvalue weighted by molar-refractivity contribution is -0.0491. The van der Waals surface area contributed by atoms with E-state index in [0.29, 0.717) is 0 Å². The Bertz CT molecular complexity index is 99.9. The molecule has 0 aromatic rings. The van der Waals surface area contributed by atoms with Crippen LogP contribution >= 0.6 is 0 Å². The molecule has 0 radical (unpaired) electrons. The molecule has 0 amide bonds. The molecule has 0 bridgehead atoms. The molecule has 0 saturated heterocycles. The summed E-state index contributed by atoms with van der Waals surface area (Å²) in [6, 6.07) is 0. The van der Waals surface area contributed by atoms with E-state index in [4.69, 9.17) is 9.47 Å². The van der Waals surface area contributed by atoms with Crippen LogP contribution in [-0.2, 0) is 9.47 Å². The molecular formula is C6H14N2O2. The van der Waals surface area contributed by atoms with Gasteiger partial charge in [0.2, 0.25) is 0 Å². The number of ether oxygens (including phenoxy) is 2. The highest BCUT2D eigenvalue weighted by atomic mass is 16.7. The maximum atomic E-state index is 4.85. The highest BCUT2D eigenvalue weighted by Crippen LogP contribution is 1.85. The molecule has 0 rings (SSSR count). The summed E-state index contributed by atoms with van der Waals surface area (Å²) in [5.41, 5.74) is 0. The summed E-state index contributed by atoms with van der Waals surface area (Å²) in [7, 11) is 6.80. The first kappa shape index (κ1) is 9.39. The number of hydrogen-bond acceptors (Lipinski definition) is 4. The van der Waals surface area contributed by atoms with Gasteiger partial charge in [-0.2, -0.15) is 5.10 Å². The molecule has 0 aromatic heterocycles. The molecule has 0 heterocycles. The largest absolute Gasteiger partial charge is 0.351 e. The number of nitrogens with zero attached hydrogens (tertiary/aromatic N) is 2. The molecule has 10 heavy (non-hydrogen) atoms. The summed E-state index contributed by atoms with van der Waals surface area (Å²) < 4.78 is 9.70. The van der Waals surface area contributed by atoms with E-state index in [1.165, 1.54) is 0 Å². The van der Waals surface area contributed by atoms with Gasteiger partial charge in [0.15, 0.2) is 6.29 Å². The normalized spacial score (nSPS) is 11.3. The van der Waals surface area contributed by atoms with E-state index in [2.05, 4.69) is 5.10 Å². The van der Waals surface area contributed by atoms with Crippen molar-refractivity contribution in [3.63, 3.8) is 0 Å². The van der Waals surface area contributed by atoms with Crippen molar-refractivity contribution in [2.75, 3.05) is 28.3 Å². The Hall–Kier alpha value is -0.610. The molecule has 0 N–H and O–H groups in total. The second-order valence-corrected chi connectivity index (χ2v) is 1.95. The topological polar surface area (TPSA) is 34.1 Å². The predicted octanol–water partition coefficient (Wildman–Crippen LogP) is 0.153. The average Bonchev–Trinajstić information content (AvgIpc) is 1.90. The van der Waals surface area contributed by atoms with Crippen LogP contribution in [0.4, 0.5) is 0 Å². The van der Waals surface area contributed by atoms with Crippen molar-refractivity contribution in [1.82, 2.24) is 5.01 Å². The van der Waals surface area contributed by atoms with Crippen LogP contribution in [0.3, 0.4) is 0 Å². The second kappa shape index (κ2) is 5.20. The van der Waals surface area contributed by atoms with Crippen LogP contribution in [0, 0.1) is 0 Å². The van der Waals surface area contributed by atoms with Gasteiger partial charge in [-0.25, -0.2) is 0 Å². The molecule has 0 aliphatic carbocycles. The minimum Gasteiger partial charge on any atom is -0.351 e. The van der Waals surface area contributed by atoms with E-state index in [0.717, 1.165) is 0 Å². The molecule has 4 nitrogen and oxygen atoms in total.